The zero-order valence-electron chi connectivity index (χ0n) is 22.1. The Morgan fingerprint density at radius 2 is 1.68 bits per heavy atom. The van der Waals surface area contributed by atoms with Gasteiger partial charge in [-0.1, -0.05) is 30.3 Å². The van der Waals surface area contributed by atoms with Gasteiger partial charge < -0.3 is 26.1 Å². The SMILES string of the molecule is Cc1cc(C(N)=O)cc(C)c1C[C@H](NC(=O)OC(C)(C)C)C(=O)N[C@@H](C)c1ncc(-c2ccccc2)[nH]1. The van der Waals surface area contributed by atoms with Gasteiger partial charge >= 0.3 is 6.09 Å². The van der Waals surface area contributed by atoms with Crippen LogP contribution in [0.2, 0.25) is 0 Å². The van der Waals surface area contributed by atoms with E-state index >= 15 is 0 Å². The third kappa shape index (κ3) is 7.42. The Kier molecular flexibility index (Phi) is 8.37. The third-order valence-corrected chi connectivity index (χ3v) is 5.85. The van der Waals surface area contributed by atoms with E-state index in [0.717, 1.165) is 27.9 Å². The summed E-state index contributed by atoms with van der Waals surface area (Å²) in [6.07, 6.45) is 1.22. The molecule has 0 aliphatic rings. The molecule has 0 saturated heterocycles. The van der Waals surface area contributed by atoms with Crippen LogP contribution >= 0.6 is 0 Å². The maximum Gasteiger partial charge on any atom is 0.408 e. The minimum Gasteiger partial charge on any atom is -0.444 e. The Balaban J connectivity index is 1.82. The standard InChI is InChI=1S/C28H35N5O4/c1-16-12-20(24(29)34)13-17(2)21(16)14-22(33-27(36)37-28(4,5)6)26(35)31-18(3)25-30-15-23(32-25)19-10-8-7-9-11-19/h7-13,15,18,22H,14H2,1-6H3,(H2,29,34)(H,30,32)(H,31,35)(H,33,36)/t18-,22-/m0/s1. The van der Waals surface area contributed by atoms with Gasteiger partial charge in [-0.05, 0) is 75.9 Å². The lowest BCUT2D eigenvalue weighted by molar-refractivity contribution is -0.123. The van der Waals surface area contributed by atoms with E-state index in [4.69, 9.17) is 10.5 Å². The molecule has 0 fully saturated rings. The van der Waals surface area contributed by atoms with Crippen molar-refractivity contribution in [1.82, 2.24) is 20.6 Å². The highest BCUT2D eigenvalue weighted by atomic mass is 16.6. The zero-order valence-corrected chi connectivity index (χ0v) is 22.1. The summed E-state index contributed by atoms with van der Waals surface area (Å²) in [5, 5.41) is 5.65. The Hall–Kier alpha value is -4.14. The summed E-state index contributed by atoms with van der Waals surface area (Å²) in [7, 11) is 0. The number of aromatic amines is 1. The normalized spacial score (nSPS) is 12.9. The number of primary amides is 1. The van der Waals surface area contributed by atoms with Crippen LogP contribution in [0.25, 0.3) is 11.3 Å². The summed E-state index contributed by atoms with van der Waals surface area (Å²) in [5.74, 6) is -0.337. The van der Waals surface area contributed by atoms with Gasteiger partial charge in [0.05, 0.1) is 17.9 Å². The molecule has 0 aliphatic carbocycles. The van der Waals surface area contributed by atoms with Crippen LogP contribution in [0.5, 0.6) is 0 Å². The number of aryl methyl sites for hydroxylation is 2. The lowest BCUT2D eigenvalue weighted by Crippen LogP contribution is -2.50. The van der Waals surface area contributed by atoms with Crippen LogP contribution in [0, 0.1) is 13.8 Å². The second-order valence-electron chi connectivity index (χ2n) is 10.1. The number of nitrogens with two attached hydrogens (primary N) is 1. The molecule has 0 radical (unpaired) electrons. The molecule has 5 N–H and O–H groups in total. The first-order chi connectivity index (χ1) is 17.3. The summed E-state index contributed by atoms with van der Waals surface area (Å²) in [4.78, 5) is 45.3. The molecule has 9 heteroatoms. The molecule has 9 nitrogen and oxygen atoms in total. The smallest absolute Gasteiger partial charge is 0.408 e. The molecule has 37 heavy (non-hydrogen) atoms. The van der Waals surface area contributed by atoms with Crippen LogP contribution in [0.3, 0.4) is 0 Å². The van der Waals surface area contributed by atoms with Crippen molar-refractivity contribution in [1.29, 1.82) is 0 Å². The highest BCUT2D eigenvalue weighted by Gasteiger charge is 2.27. The molecule has 0 spiro atoms. The molecule has 1 aromatic heterocycles. The molecule has 3 aromatic rings. The van der Waals surface area contributed by atoms with Gasteiger partial charge in [0.1, 0.15) is 17.5 Å². The second-order valence-corrected chi connectivity index (χ2v) is 10.1. The predicted octanol–water partition coefficient (Wildman–Crippen LogP) is 4.11. The quantitative estimate of drug-likeness (QED) is 0.365. The first kappa shape index (κ1) is 27.4. The minimum atomic E-state index is -0.933. The number of nitrogens with zero attached hydrogens (tertiary/aromatic N) is 1. The predicted molar refractivity (Wildman–Crippen MR) is 142 cm³/mol. The molecular formula is C28H35N5O4. The number of aromatic nitrogens is 2. The summed E-state index contributed by atoms with van der Waals surface area (Å²) in [5.41, 5.74) is 9.34. The molecular weight excluding hydrogens is 470 g/mol. The molecule has 0 bridgehead atoms. The molecule has 2 atom stereocenters. The summed E-state index contributed by atoms with van der Waals surface area (Å²) >= 11 is 0. The van der Waals surface area contributed by atoms with Gasteiger partial charge in [0, 0.05) is 12.0 Å². The number of amides is 3. The van der Waals surface area contributed by atoms with Crippen molar-refractivity contribution >= 4 is 17.9 Å². The number of carbonyl (C=O) groups is 3. The maximum absolute atomic E-state index is 13.4. The number of alkyl carbamates (subject to hydrolysis) is 1. The molecule has 2 aromatic carbocycles. The van der Waals surface area contributed by atoms with Gasteiger partial charge in [0.15, 0.2) is 0 Å². The van der Waals surface area contributed by atoms with Crippen molar-refractivity contribution in [3.63, 3.8) is 0 Å². The highest BCUT2D eigenvalue weighted by Crippen LogP contribution is 2.21. The van der Waals surface area contributed by atoms with Gasteiger partial charge in [-0.3, -0.25) is 9.59 Å². The lowest BCUT2D eigenvalue weighted by atomic mass is 9.93. The fourth-order valence-electron chi connectivity index (χ4n) is 4.02. The van der Waals surface area contributed by atoms with E-state index < -0.39 is 35.6 Å². The molecule has 0 aliphatic heterocycles. The van der Waals surface area contributed by atoms with Crippen LogP contribution in [0.15, 0.2) is 48.7 Å². The number of hydrogen-bond acceptors (Lipinski definition) is 5. The van der Waals surface area contributed by atoms with Crippen molar-refractivity contribution in [2.75, 3.05) is 0 Å². The minimum absolute atomic E-state index is 0.196. The topological polar surface area (TPSA) is 139 Å². The molecule has 0 unspecified atom stereocenters. The van der Waals surface area contributed by atoms with E-state index in [1.165, 1.54) is 0 Å². The number of carbonyl (C=O) groups excluding carboxylic acids is 3. The molecule has 3 rings (SSSR count). The van der Waals surface area contributed by atoms with Crippen LogP contribution in [0.4, 0.5) is 4.79 Å². The van der Waals surface area contributed by atoms with E-state index in [1.54, 1.807) is 39.1 Å². The van der Waals surface area contributed by atoms with E-state index in [2.05, 4.69) is 20.6 Å². The van der Waals surface area contributed by atoms with Crippen LogP contribution in [-0.4, -0.2) is 39.5 Å². The maximum atomic E-state index is 13.4. The van der Waals surface area contributed by atoms with Crippen molar-refractivity contribution in [3.8, 4) is 11.3 Å². The third-order valence-electron chi connectivity index (χ3n) is 5.85. The number of imidazole rings is 1. The van der Waals surface area contributed by atoms with Gasteiger partial charge in [0.25, 0.3) is 0 Å². The first-order valence-electron chi connectivity index (χ1n) is 12.1. The van der Waals surface area contributed by atoms with Crippen LogP contribution in [0.1, 0.15) is 66.6 Å². The number of H-pyrrole nitrogens is 1. The first-order valence-corrected chi connectivity index (χ1v) is 12.1. The molecule has 3 amide bonds. The Morgan fingerprint density at radius 1 is 1.05 bits per heavy atom. The van der Waals surface area contributed by atoms with Crippen molar-refractivity contribution in [2.24, 2.45) is 5.73 Å². The summed E-state index contributed by atoms with van der Waals surface area (Å²) in [6.45, 7) is 10.8. The number of nitrogens with one attached hydrogen (secondary N) is 3. The number of hydrogen-bond donors (Lipinski definition) is 4. The lowest BCUT2D eigenvalue weighted by Gasteiger charge is -2.25. The van der Waals surface area contributed by atoms with Gasteiger partial charge in [-0.25, -0.2) is 9.78 Å². The number of ether oxygens (including phenoxy) is 1. The van der Waals surface area contributed by atoms with E-state index in [1.807, 2.05) is 51.1 Å². The monoisotopic (exact) mass is 505 g/mol. The van der Waals surface area contributed by atoms with Crippen molar-refractivity contribution in [2.45, 2.75) is 65.6 Å². The van der Waals surface area contributed by atoms with Gasteiger partial charge in [-0.2, -0.15) is 0 Å². The van der Waals surface area contributed by atoms with Gasteiger partial charge in [-0.15, -0.1) is 0 Å². The van der Waals surface area contributed by atoms with Crippen molar-refractivity contribution in [3.05, 3.63) is 76.7 Å². The Labute approximate surface area is 217 Å². The number of rotatable bonds is 8. The summed E-state index contributed by atoms with van der Waals surface area (Å²) < 4.78 is 5.40. The average Bonchev–Trinajstić information content (AvgIpc) is 3.30. The second kappa shape index (κ2) is 11.3. The molecule has 0 saturated carbocycles. The molecule has 196 valence electrons. The fourth-order valence-corrected chi connectivity index (χ4v) is 4.02. The largest absolute Gasteiger partial charge is 0.444 e. The van der Waals surface area contributed by atoms with Crippen LogP contribution < -0.4 is 16.4 Å². The average molecular weight is 506 g/mol. The molecule has 1 heterocycles. The van der Waals surface area contributed by atoms with Gasteiger partial charge in [0.2, 0.25) is 11.8 Å². The fraction of sp³-hybridized carbons (Fsp3) is 0.357. The van der Waals surface area contributed by atoms with E-state index in [0.29, 0.717) is 11.4 Å². The highest BCUT2D eigenvalue weighted by molar-refractivity contribution is 5.93. The van der Waals surface area contributed by atoms with E-state index in [-0.39, 0.29) is 6.42 Å². The van der Waals surface area contributed by atoms with E-state index in [9.17, 15) is 14.4 Å². The Bertz CT molecular complexity index is 1250. The van der Waals surface area contributed by atoms with Crippen molar-refractivity contribution < 1.29 is 19.1 Å². The van der Waals surface area contributed by atoms with Crippen LogP contribution in [-0.2, 0) is 16.0 Å². The number of benzene rings is 2. The zero-order chi connectivity index (χ0) is 27.3. The summed E-state index contributed by atoms with van der Waals surface area (Å²) in [6, 6.07) is 11.7. The Morgan fingerprint density at radius 3 is 2.24 bits per heavy atom.